The first-order valence-electron chi connectivity index (χ1n) is 10.3. The zero-order valence-corrected chi connectivity index (χ0v) is 17.2. The van der Waals surface area contributed by atoms with Gasteiger partial charge in [0.1, 0.15) is 6.10 Å². The highest BCUT2D eigenvalue weighted by atomic mass is 16.5. The van der Waals surface area contributed by atoms with Crippen LogP contribution in [-0.4, -0.2) is 77.8 Å². The summed E-state index contributed by atoms with van der Waals surface area (Å²) in [4.78, 5) is 22.6. The normalized spacial score (nSPS) is 21.3. The van der Waals surface area contributed by atoms with E-state index >= 15 is 0 Å². The topological polar surface area (TPSA) is 74.9 Å². The molecule has 1 aromatic carbocycles. The van der Waals surface area contributed by atoms with E-state index in [-0.39, 0.29) is 18.1 Å². The van der Waals surface area contributed by atoms with Gasteiger partial charge in [0.05, 0.1) is 6.61 Å². The molecule has 29 heavy (non-hydrogen) atoms. The minimum atomic E-state index is -0.166. The lowest BCUT2D eigenvalue weighted by Crippen LogP contribution is -2.43. The van der Waals surface area contributed by atoms with E-state index in [1.54, 1.807) is 19.0 Å². The quantitative estimate of drug-likeness (QED) is 0.786. The van der Waals surface area contributed by atoms with E-state index in [2.05, 4.69) is 39.3 Å². The van der Waals surface area contributed by atoms with Crippen LogP contribution < -0.4 is 0 Å². The van der Waals surface area contributed by atoms with Crippen molar-refractivity contribution in [2.24, 2.45) is 0 Å². The molecular formula is C21H29N5O3. The second-order valence-corrected chi connectivity index (χ2v) is 8.01. The standard InChI is InChI=1S/C21H29N5O3/c1-24(2)21(27)26-10-8-17(9-11-26)20-22-19(23-29-20)18-15-25(12-13-28-18)14-16-6-4-3-5-7-16/h3-7,17-18H,8-15H2,1-2H3. The van der Waals surface area contributed by atoms with Gasteiger partial charge in [-0.3, -0.25) is 4.90 Å². The Balaban J connectivity index is 1.33. The molecule has 1 aromatic heterocycles. The molecule has 8 nitrogen and oxygen atoms in total. The van der Waals surface area contributed by atoms with Crippen LogP contribution in [0.2, 0.25) is 0 Å². The van der Waals surface area contributed by atoms with Crippen LogP contribution in [-0.2, 0) is 11.3 Å². The molecule has 2 amide bonds. The fourth-order valence-corrected chi connectivity index (χ4v) is 3.99. The molecule has 0 radical (unpaired) electrons. The van der Waals surface area contributed by atoms with Crippen LogP contribution in [0.5, 0.6) is 0 Å². The number of amides is 2. The van der Waals surface area contributed by atoms with Crippen LogP contribution in [0, 0.1) is 0 Å². The maximum atomic E-state index is 12.1. The number of nitrogens with zero attached hydrogens (tertiary/aromatic N) is 5. The molecule has 4 rings (SSSR count). The SMILES string of the molecule is CN(C)C(=O)N1CCC(c2nc(C3CN(Cc4ccccc4)CCO3)no2)CC1. The van der Waals surface area contributed by atoms with Crippen molar-refractivity contribution in [3.8, 4) is 0 Å². The Morgan fingerprint density at radius 3 is 2.66 bits per heavy atom. The van der Waals surface area contributed by atoms with Crippen molar-refractivity contribution in [1.29, 1.82) is 0 Å². The maximum absolute atomic E-state index is 12.1. The van der Waals surface area contributed by atoms with Gasteiger partial charge in [0.25, 0.3) is 0 Å². The lowest BCUT2D eigenvalue weighted by Gasteiger charge is -2.32. The molecule has 156 valence electrons. The molecular weight excluding hydrogens is 370 g/mol. The first-order chi connectivity index (χ1) is 14.1. The Morgan fingerprint density at radius 1 is 1.17 bits per heavy atom. The number of hydrogen-bond donors (Lipinski definition) is 0. The van der Waals surface area contributed by atoms with Gasteiger partial charge in [-0.2, -0.15) is 4.98 Å². The van der Waals surface area contributed by atoms with E-state index in [1.807, 2.05) is 11.0 Å². The monoisotopic (exact) mass is 399 g/mol. The van der Waals surface area contributed by atoms with E-state index in [4.69, 9.17) is 9.26 Å². The summed E-state index contributed by atoms with van der Waals surface area (Å²) in [6, 6.07) is 10.5. The highest BCUT2D eigenvalue weighted by Crippen LogP contribution is 2.29. The van der Waals surface area contributed by atoms with Crippen LogP contribution in [0.15, 0.2) is 34.9 Å². The summed E-state index contributed by atoms with van der Waals surface area (Å²) >= 11 is 0. The Bertz CT molecular complexity index is 802. The van der Waals surface area contributed by atoms with Gasteiger partial charge in [0.15, 0.2) is 0 Å². The average molecular weight is 399 g/mol. The van der Waals surface area contributed by atoms with Crippen LogP contribution in [0.4, 0.5) is 4.79 Å². The summed E-state index contributed by atoms with van der Waals surface area (Å²) in [6.45, 7) is 4.63. The lowest BCUT2D eigenvalue weighted by atomic mass is 9.97. The molecule has 0 aliphatic carbocycles. The molecule has 0 saturated carbocycles. The minimum absolute atomic E-state index is 0.0591. The molecule has 0 bridgehead atoms. The second kappa shape index (κ2) is 8.92. The van der Waals surface area contributed by atoms with E-state index < -0.39 is 0 Å². The van der Waals surface area contributed by atoms with Gasteiger partial charge in [0, 0.05) is 52.7 Å². The van der Waals surface area contributed by atoms with Gasteiger partial charge in [-0.1, -0.05) is 35.5 Å². The third-order valence-electron chi connectivity index (χ3n) is 5.64. The van der Waals surface area contributed by atoms with Gasteiger partial charge in [-0.05, 0) is 18.4 Å². The largest absolute Gasteiger partial charge is 0.367 e. The minimum Gasteiger partial charge on any atom is -0.367 e. The number of aromatic nitrogens is 2. The lowest BCUT2D eigenvalue weighted by molar-refractivity contribution is -0.0380. The number of benzene rings is 1. The number of rotatable bonds is 4. The van der Waals surface area contributed by atoms with E-state index in [0.717, 1.165) is 32.5 Å². The molecule has 1 unspecified atom stereocenters. The Kier molecular flexibility index (Phi) is 6.10. The van der Waals surface area contributed by atoms with Crippen molar-refractivity contribution in [2.45, 2.75) is 31.4 Å². The Morgan fingerprint density at radius 2 is 1.93 bits per heavy atom. The molecule has 2 aliphatic heterocycles. The van der Waals surface area contributed by atoms with Crippen LogP contribution in [0.1, 0.15) is 42.1 Å². The van der Waals surface area contributed by atoms with Crippen molar-refractivity contribution in [3.05, 3.63) is 47.6 Å². The number of urea groups is 1. The second-order valence-electron chi connectivity index (χ2n) is 8.01. The summed E-state index contributed by atoms with van der Waals surface area (Å²) in [6.07, 6.45) is 1.51. The van der Waals surface area contributed by atoms with Gasteiger partial charge in [0.2, 0.25) is 11.7 Å². The Labute approximate surface area is 171 Å². The fraction of sp³-hybridized carbons (Fsp3) is 0.571. The smallest absolute Gasteiger partial charge is 0.319 e. The van der Waals surface area contributed by atoms with Crippen LogP contribution in [0.3, 0.4) is 0 Å². The molecule has 2 saturated heterocycles. The van der Waals surface area contributed by atoms with Crippen molar-refractivity contribution in [1.82, 2.24) is 24.8 Å². The summed E-state index contributed by atoms with van der Waals surface area (Å²) in [5, 5.41) is 4.21. The van der Waals surface area contributed by atoms with Crippen molar-refractivity contribution < 1.29 is 14.1 Å². The molecule has 2 aromatic rings. The van der Waals surface area contributed by atoms with Crippen molar-refractivity contribution in [2.75, 3.05) is 46.9 Å². The van der Waals surface area contributed by atoms with Gasteiger partial charge >= 0.3 is 6.03 Å². The maximum Gasteiger partial charge on any atom is 0.319 e. The molecule has 0 N–H and O–H groups in total. The summed E-state index contributed by atoms with van der Waals surface area (Å²) in [5.41, 5.74) is 1.29. The number of morpholine rings is 1. The predicted molar refractivity (Wildman–Crippen MR) is 107 cm³/mol. The molecule has 2 aliphatic rings. The van der Waals surface area contributed by atoms with Crippen molar-refractivity contribution in [3.63, 3.8) is 0 Å². The number of carbonyl (C=O) groups is 1. The van der Waals surface area contributed by atoms with Gasteiger partial charge < -0.3 is 19.1 Å². The van der Waals surface area contributed by atoms with Crippen molar-refractivity contribution >= 4 is 6.03 Å². The molecule has 3 heterocycles. The summed E-state index contributed by atoms with van der Waals surface area (Å²) in [7, 11) is 3.56. The van der Waals surface area contributed by atoms with E-state index in [9.17, 15) is 4.79 Å². The zero-order valence-electron chi connectivity index (χ0n) is 17.2. The number of hydrogen-bond acceptors (Lipinski definition) is 6. The number of piperidine rings is 1. The number of likely N-dealkylation sites (tertiary alicyclic amines) is 1. The fourth-order valence-electron chi connectivity index (χ4n) is 3.99. The Hall–Kier alpha value is -2.45. The summed E-state index contributed by atoms with van der Waals surface area (Å²) < 4.78 is 11.5. The summed E-state index contributed by atoms with van der Waals surface area (Å²) in [5.74, 6) is 1.50. The van der Waals surface area contributed by atoms with Gasteiger partial charge in [-0.25, -0.2) is 4.79 Å². The molecule has 0 spiro atoms. The highest BCUT2D eigenvalue weighted by molar-refractivity contribution is 5.73. The van der Waals surface area contributed by atoms with E-state index in [0.29, 0.717) is 31.4 Å². The first-order valence-corrected chi connectivity index (χ1v) is 10.3. The number of ether oxygens (including phenoxy) is 1. The van der Waals surface area contributed by atoms with Gasteiger partial charge in [-0.15, -0.1) is 0 Å². The third kappa shape index (κ3) is 4.76. The zero-order chi connectivity index (χ0) is 20.2. The predicted octanol–water partition coefficient (Wildman–Crippen LogP) is 2.50. The number of carbonyl (C=O) groups excluding carboxylic acids is 1. The van der Waals surface area contributed by atoms with Crippen LogP contribution in [0.25, 0.3) is 0 Å². The average Bonchev–Trinajstić information content (AvgIpc) is 3.24. The highest BCUT2D eigenvalue weighted by Gasteiger charge is 2.31. The molecule has 8 heteroatoms. The molecule has 2 fully saturated rings. The van der Waals surface area contributed by atoms with Crippen LogP contribution >= 0.6 is 0 Å². The molecule has 1 atom stereocenters. The first kappa shape index (κ1) is 19.8. The third-order valence-corrected chi connectivity index (χ3v) is 5.64. The van der Waals surface area contributed by atoms with E-state index in [1.165, 1.54) is 5.56 Å².